The summed E-state index contributed by atoms with van der Waals surface area (Å²) in [4.78, 5) is 24.4. The lowest BCUT2D eigenvalue weighted by atomic mass is 9.77. The van der Waals surface area contributed by atoms with Gasteiger partial charge in [0.05, 0.1) is 12.2 Å². The van der Waals surface area contributed by atoms with Crippen molar-refractivity contribution in [2.75, 3.05) is 52.9 Å². The lowest BCUT2D eigenvalue weighted by Gasteiger charge is -2.41. The summed E-state index contributed by atoms with van der Waals surface area (Å²) in [6.45, 7) is 7.48. The van der Waals surface area contributed by atoms with Crippen molar-refractivity contribution in [3.63, 3.8) is 0 Å². The topological polar surface area (TPSA) is 72.7 Å². The van der Waals surface area contributed by atoms with Gasteiger partial charge in [-0.1, -0.05) is 0 Å². The van der Waals surface area contributed by atoms with E-state index in [9.17, 15) is 10.1 Å². The lowest BCUT2D eigenvalue weighted by molar-refractivity contribution is -0.143. The minimum absolute atomic E-state index is 0.0775. The molecule has 0 radical (unpaired) electrons. The predicted molar refractivity (Wildman–Crippen MR) is 127 cm³/mol. The molecule has 7 nitrogen and oxygen atoms in total. The SMILES string of the molecule is COC1CCN(CCC2CCN(C(=O)C3(C#N)CCN(Cc4ccncc4)CC3)CC2)CC1. The first kappa shape index (κ1) is 24.1. The number of hydrogen-bond donors (Lipinski definition) is 0. The Morgan fingerprint density at radius 2 is 1.73 bits per heavy atom. The van der Waals surface area contributed by atoms with Gasteiger partial charge in [0.15, 0.2) is 0 Å². The molecule has 7 heteroatoms. The molecule has 0 aromatic carbocycles. The van der Waals surface area contributed by atoms with Crippen LogP contribution in [0, 0.1) is 22.7 Å². The van der Waals surface area contributed by atoms with Gasteiger partial charge in [-0.2, -0.15) is 5.26 Å². The van der Waals surface area contributed by atoms with Gasteiger partial charge in [0, 0.05) is 65.3 Å². The maximum absolute atomic E-state index is 13.4. The zero-order valence-electron chi connectivity index (χ0n) is 20.1. The number of amides is 1. The zero-order chi connectivity index (χ0) is 23.1. The number of nitrogens with zero attached hydrogens (tertiary/aromatic N) is 5. The average Bonchev–Trinajstić information content (AvgIpc) is 2.89. The number of carbonyl (C=O) groups excluding carboxylic acids is 1. The van der Waals surface area contributed by atoms with Gasteiger partial charge >= 0.3 is 0 Å². The number of piperidine rings is 3. The molecular formula is C26H39N5O2. The van der Waals surface area contributed by atoms with E-state index in [0.717, 1.165) is 78.0 Å². The van der Waals surface area contributed by atoms with Gasteiger partial charge in [0.2, 0.25) is 5.91 Å². The largest absolute Gasteiger partial charge is 0.381 e. The molecule has 1 aromatic heterocycles. The molecular weight excluding hydrogens is 414 g/mol. The van der Waals surface area contributed by atoms with Crippen LogP contribution in [-0.2, 0) is 16.1 Å². The number of methoxy groups -OCH3 is 1. The summed E-state index contributed by atoms with van der Waals surface area (Å²) in [6, 6.07) is 6.50. The summed E-state index contributed by atoms with van der Waals surface area (Å²) < 4.78 is 5.48. The van der Waals surface area contributed by atoms with Crippen molar-refractivity contribution < 1.29 is 9.53 Å². The van der Waals surface area contributed by atoms with E-state index in [4.69, 9.17) is 4.74 Å². The van der Waals surface area contributed by atoms with Crippen molar-refractivity contribution in [1.29, 1.82) is 5.26 Å². The van der Waals surface area contributed by atoms with Crippen LogP contribution >= 0.6 is 0 Å². The zero-order valence-corrected chi connectivity index (χ0v) is 20.1. The van der Waals surface area contributed by atoms with Gasteiger partial charge in [-0.05, 0) is 75.1 Å². The van der Waals surface area contributed by atoms with Crippen LogP contribution in [0.15, 0.2) is 24.5 Å². The molecule has 180 valence electrons. The van der Waals surface area contributed by atoms with Crippen molar-refractivity contribution in [2.45, 2.75) is 57.6 Å². The van der Waals surface area contributed by atoms with Crippen molar-refractivity contribution in [2.24, 2.45) is 11.3 Å². The number of pyridine rings is 1. The van der Waals surface area contributed by atoms with Crippen molar-refractivity contribution in [3.8, 4) is 6.07 Å². The highest BCUT2D eigenvalue weighted by atomic mass is 16.5. The Kier molecular flexibility index (Phi) is 8.34. The molecule has 0 atom stereocenters. The fraction of sp³-hybridized carbons (Fsp3) is 0.731. The first-order valence-corrected chi connectivity index (χ1v) is 12.7. The summed E-state index contributed by atoms with van der Waals surface area (Å²) in [5.74, 6) is 0.767. The number of aromatic nitrogens is 1. The summed E-state index contributed by atoms with van der Waals surface area (Å²) in [6.07, 6.45) is 10.9. The molecule has 0 unspecified atom stereocenters. The standard InChI is InChI=1S/C26H39N5O2/c1-33-24-7-14-29(15-8-24)13-4-22-5-16-31(17-6-22)25(32)26(21-27)9-18-30(19-10-26)20-23-2-11-28-12-3-23/h2-3,11-12,22,24H,4-10,13-20H2,1H3. The van der Waals surface area contributed by atoms with Crippen LogP contribution < -0.4 is 0 Å². The molecule has 3 saturated heterocycles. The van der Waals surface area contributed by atoms with Crippen molar-refractivity contribution in [3.05, 3.63) is 30.1 Å². The molecule has 3 fully saturated rings. The van der Waals surface area contributed by atoms with Crippen LogP contribution in [0.3, 0.4) is 0 Å². The number of rotatable bonds is 7. The van der Waals surface area contributed by atoms with E-state index < -0.39 is 5.41 Å². The molecule has 1 amide bonds. The molecule has 0 N–H and O–H groups in total. The smallest absolute Gasteiger partial charge is 0.243 e. The molecule has 3 aliphatic rings. The summed E-state index contributed by atoms with van der Waals surface area (Å²) in [5.41, 5.74) is 0.388. The first-order valence-electron chi connectivity index (χ1n) is 12.7. The van der Waals surface area contributed by atoms with Gasteiger partial charge in [0.25, 0.3) is 0 Å². The van der Waals surface area contributed by atoms with Crippen LogP contribution in [0.1, 0.15) is 50.5 Å². The second kappa shape index (κ2) is 11.4. The first-order chi connectivity index (χ1) is 16.1. The average molecular weight is 454 g/mol. The molecule has 3 aliphatic heterocycles. The van der Waals surface area contributed by atoms with E-state index >= 15 is 0 Å². The third-order valence-corrected chi connectivity index (χ3v) is 8.11. The van der Waals surface area contributed by atoms with Crippen LogP contribution in [0.2, 0.25) is 0 Å². The van der Waals surface area contributed by atoms with Gasteiger partial charge in [-0.3, -0.25) is 14.7 Å². The molecule has 33 heavy (non-hydrogen) atoms. The normalized spacial score (nSPS) is 23.3. The Labute approximate surface area is 198 Å². The van der Waals surface area contributed by atoms with E-state index in [-0.39, 0.29) is 5.91 Å². The number of hydrogen-bond acceptors (Lipinski definition) is 6. The fourth-order valence-corrected chi connectivity index (χ4v) is 5.67. The van der Waals surface area contributed by atoms with Crippen molar-refractivity contribution >= 4 is 5.91 Å². The van der Waals surface area contributed by atoms with Gasteiger partial charge in [-0.15, -0.1) is 0 Å². The van der Waals surface area contributed by atoms with Gasteiger partial charge in [-0.25, -0.2) is 0 Å². The van der Waals surface area contributed by atoms with Gasteiger partial charge in [0.1, 0.15) is 5.41 Å². The Hall–Kier alpha value is -2.01. The Balaban J connectivity index is 1.20. The third kappa shape index (κ3) is 6.11. The lowest BCUT2D eigenvalue weighted by Crippen LogP contribution is -2.51. The molecule has 4 heterocycles. The highest BCUT2D eigenvalue weighted by Crippen LogP contribution is 2.35. The number of nitriles is 1. The second-order valence-electron chi connectivity index (χ2n) is 10.1. The number of ether oxygens (including phenoxy) is 1. The molecule has 0 bridgehead atoms. The molecule has 0 aliphatic carbocycles. The molecule has 0 saturated carbocycles. The molecule has 0 spiro atoms. The predicted octanol–water partition coefficient (Wildman–Crippen LogP) is 2.93. The summed E-state index contributed by atoms with van der Waals surface area (Å²) in [7, 11) is 1.82. The highest BCUT2D eigenvalue weighted by molar-refractivity contribution is 5.85. The van der Waals surface area contributed by atoms with Gasteiger partial charge < -0.3 is 14.5 Å². The summed E-state index contributed by atoms with van der Waals surface area (Å²) >= 11 is 0. The quantitative estimate of drug-likeness (QED) is 0.632. The van der Waals surface area contributed by atoms with Crippen LogP contribution in [0.5, 0.6) is 0 Å². The van der Waals surface area contributed by atoms with E-state index in [1.54, 1.807) is 0 Å². The van der Waals surface area contributed by atoms with E-state index in [2.05, 4.69) is 20.9 Å². The summed E-state index contributed by atoms with van der Waals surface area (Å²) in [5, 5.41) is 10.00. The third-order valence-electron chi connectivity index (χ3n) is 8.11. The maximum Gasteiger partial charge on any atom is 0.243 e. The van der Waals surface area contributed by atoms with Crippen LogP contribution in [0.25, 0.3) is 0 Å². The highest BCUT2D eigenvalue weighted by Gasteiger charge is 2.44. The van der Waals surface area contributed by atoms with Crippen molar-refractivity contribution in [1.82, 2.24) is 19.7 Å². The monoisotopic (exact) mass is 453 g/mol. The second-order valence-corrected chi connectivity index (χ2v) is 10.1. The maximum atomic E-state index is 13.4. The Morgan fingerprint density at radius 1 is 1.06 bits per heavy atom. The van der Waals surface area contributed by atoms with Crippen LogP contribution in [-0.4, -0.2) is 84.6 Å². The number of likely N-dealkylation sites (tertiary alicyclic amines) is 3. The fourth-order valence-electron chi connectivity index (χ4n) is 5.67. The minimum atomic E-state index is -0.840. The molecule has 4 rings (SSSR count). The van der Waals surface area contributed by atoms with E-state index in [0.29, 0.717) is 24.9 Å². The van der Waals surface area contributed by atoms with E-state index in [1.165, 1.54) is 12.0 Å². The van der Waals surface area contributed by atoms with E-state index in [1.807, 2.05) is 36.5 Å². The number of carbonyl (C=O) groups is 1. The molecule has 1 aromatic rings. The van der Waals surface area contributed by atoms with Crippen LogP contribution in [0.4, 0.5) is 0 Å². The Bertz CT molecular complexity index is 787. The minimum Gasteiger partial charge on any atom is -0.381 e. The Morgan fingerprint density at radius 3 is 2.33 bits per heavy atom.